The number of hydrogen-bond donors (Lipinski definition) is 1. The van der Waals surface area contributed by atoms with Crippen LogP contribution in [-0.2, 0) is 0 Å². The van der Waals surface area contributed by atoms with Crippen molar-refractivity contribution in [1.29, 1.82) is 0 Å². The molecule has 0 aliphatic rings. The molecule has 3 aromatic rings. The summed E-state index contributed by atoms with van der Waals surface area (Å²) in [5.74, 6) is 0.759. The number of carbonyl (C=O) groups excluding carboxylic acids is 1. The van der Waals surface area contributed by atoms with Crippen LogP contribution in [0.2, 0.25) is 5.02 Å². The molecule has 2 aromatic carbocycles. The highest BCUT2D eigenvalue weighted by Gasteiger charge is 2.18. The van der Waals surface area contributed by atoms with E-state index in [-0.39, 0.29) is 11.7 Å². The van der Waals surface area contributed by atoms with Crippen molar-refractivity contribution in [2.24, 2.45) is 0 Å². The summed E-state index contributed by atoms with van der Waals surface area (Å²) < 4.78 is 11.0. The fraction of sp³-hybridized carbons (Fsp3) is 0.167. The van der Waals surface area contributed by atoms with Crippen LogP contribution in [0.25, 0.3) is 11.0 Å². The van der Waals surface area contributed by atoms with Gasteiger partial charge in [-0.3, -0.25) is 4.79 Å². The molecule has 0 atom stereocenters. The zero-order chi connectivity index (χ0) is 16.4. The second-order valence-corrected chi connectivity index (χ2v) is 5.54. The van der Waals surface area contributed by atoms with Gasteiger partial charge in [-0.05, 0) is 56.3 Å². The molecule has 0 saturated carbocycles. The Morgan fingerprint density at radius 2 is 1.96 bits per heavy atom. The number of benzene rings is 2. The zero-order valence-electron chi connectivity index (χ0n) is 12.9. The van der Waals surface area contributed by atoms with Gasteiger partial charge >= 0.3 is 0 Å². The van der Waals surface area contributed by atoms with Gasteiger partial charge in [0.25, 0.3) is 5.91 Å². The molecule has 0 bridgehead atoms. The summed E-state index contributed by atoms with van der Waals surface area (Å²) in [4.78, 5) is 12.4. The maximum Gasteiger partial charge on any atom is 0.291 e. The van der Waals surface area contributed by atoms with Crippen LogP contribution in [0.1, 0.15) is 23.0 Å². The second kappa shape index (κ2) is 6.34. The van der Waals surface area contributed by atoms with Gasteiger partial charge in [0.15, 0.2) is 5.76 Å². The first-order valence-electron chi connectivity index (χ1n) is 7.31. The van der Waals surface area contributed by atoms with Gasteiger partial charge in [-0.25, -0.2) is 0 Å². The molecule has 0 aliphatic carbocycles. The number of hydrogen-bond acceptors (Lipinski definition) is 3. The van der Waals surface area contributed by atoms with Crippen LogP contribution < -0.4 is 10.1 Å². The van der Waals surface area contributed by atoms with Crippen molar-refractivity contribution in [2.75, 3.05) is 11.9 Å². The highest BCUT2D eigenvalue weighted by molar-refractivity contribution is 6.31. The molecule has 118 valence electrons. The smallest absolute Gasteiger partial charge is 0.291 e. The van der Waals surface area contributed by atoms with Gasteiger partial charge in [-0.15, -0.1) is 0 Å². The van der Waals surface area contributed by atoms with Crippen molar-refractivity contribution in [3.05, 3.63) is 58.8 Å². The predicted octanol–water partition coefficient (Wildman–Crippen LogP) is 5.05. The standard InChI is InChI=1S/C18H16ClNO3/c1-3-22-14-7-5-13(6-8-14)20-18(21)17-11(2)15-10-12(19)4-9-16(15)23-17/h4-10H,3H2,1-2H3,(H,20,21). The topological polar surface area (TPSA) is 51.5 Å². The molecule has 0 fully saturated rings. The Labute approximate surface area is 139 Å². The minimum Gasteiger partial charge on any atom is -0.494 e. The van der Waals surface area contributed by atoms with E-state index in [1.54, 1.807) is 30.3 Å². The largest absolute Gasteiger partial charge is 0.494 e. The van der Waals surface area contributed by atoms with Gasteiger partial charge in [-0.2, -0.15) is 0 Å². The summed E-state index contributed by atoms with van der Waals surface area (Å²) >= 11 is 6.00. The van der Waals surface area contributed by atoms with Crippen LogP contribution in [0, 0.1) is 6.92 Å². The van der Waals surface area contributed by atoms with Crippen molar-refractivity contribution in [3.63, 3.8) is 0 Å². The lowest BCUT2D eigenvalue weighted by Gasteiger charge is -2.06. The molecule has 0 unspecified atom stereocenters. The zero-order valence-corrected chi connectivity index (χ0v) is 13.6. The third-order valence-corrected chi connectivity index (χ3v) is 3.76. The van der Waals surface area contributed by atoms with E-state index >= 15 is 0 Å². The van der Waals surface area contributed by atoms with Crippen LogP contribution >= 0.6 is 11.6 Å². The van der Waals surface area contributed by atoms with Gasteiger partial charge in [0.1, 0.15) is 11.3 Å². The number of anilines is 1. The number of amides is 1. The quantitative estimate of drug-likeness (QED) is 0.729. The Morgan fingerprint density at radius 1 is 1.22 bits per heavy atom. The number of ether oxygens (including phenoxy) is 1. The average molecular weight is 330 g/mol. The van der Waals surface area contributed by atoms with Crippen LogP contribution in [0.15, 0.2) is 46.9 Å². The molecule has 0 saturated heterocycles. The lowest BCUT2D eigenvalue weighted by atomic mass is 10.1. The van der Waals surface area contributed by atoms with E-state index in [0.29, 0.717) is 22.9 Å². The Balaban J connectivity index is 1.84. The average Bonchev–Trinajstić information content (AvgIpc) is 2.86. The molecule has 5 heteroatoms. The molecule has 1 N–H and O–H groups in total. The van der Waals surface area contributed by atoms with Crippen molar-refractivity contribution < 1.29 is 13.9 Å². The Bertz CT molecular complexity index is 853. The van der Waals surface area contributed by atoms with Gasteiger partial charge in [0, 0.05) is 21.7 Å². The van der Waals surface area contributed by atoms with Crippen LogP contribution in [0.3, 0.4) is 0 Å². The summed E-state index contributed by atoms with van der Waals surface area (Å²) in [5.41, 5.74) is 2.09. The minimum absolute atomic E-state index is 0.288. The summed E-state index contributed by atoms with van der Waals surface area (Å²) in [6.45, 7) is 4.37. The summed E-state index contributed by atoms with van der Waals surface area (Å²) in [5, 5.41) is 4.28. The fourth-order valence-electron chi connectivity index (χ4n) is 2.40. The molecule has 0 radical (unpaired) electrons. The van der Waals surface area contributed by atoms with Crippen LogP contribution in [0.4, 0.5) is 5.69 Å². The maximum atomic E-state index is 12.4. The van der Waals surface area contributed by atoms with E-state index in [1.807, 2.05) is 26.0 Å². The molecule has 1 aromatic heterocycles. The first-order chi connectivity index (χ1) is 11.1. The van der Waals surface area contributed by atoms with Gasteiger partial charge in [0.2, 0.25) is 0 Å². The first kappa shape index (κ1) is 15.4. The SMILES string of the molecule is CCOc1ccc(NC(=O)c2oc3ccc(Cl)cc3c2C)cc1. The molecular weight excluding hydrogens is 314 g/mol. The third kappa shape index (κ3) is 3.17. The summed E-state index contributed by atoms with van der Waals surface area (Å²) in [7, 11) is 0. The number of carbonyl (C=O) groups is 1. The van der Waals surface area contributed by atoms with E-state index in [9.17, 15) is 4.79 Å². The third-order valence-electron chi connectivity index (χ3n) is 3.53. The Kier molecular flexibility index (Phi) is 4.26. The predicted molar refractivity (Wildman–Crippen MR) is 91.5 cm³/mol. The number of nitrogens with one attached hydrogen (secondary N) is 1. The van der Waals surface area contributed by atoms with E-state index < -0.39 is 0 Å². The van der Waals surface area contributed by atoms with E-state index in [0.717, 1.165) is 16.7 Å². The fourth-order valence-corrected chi connectivity index (χ4v) is 2.57. The van der Waals surface area contributed by atoms with Gasteiger partial charge < -0.3 is 14.5 Å². The lowest BCUT2D eigenvalue weighted by molar-refractivity contribution is 0.0998. The number of furan rings is 1. The molecule has 0 spiro atoms. The van der Waals surface area contributed by atoms with Crippen LogP contribution in [-0.4, -0.2) is 12.5 Å². The minimum atomic E-state index is -0.293. The Morgan fingerprint density at radius 3 is 2.65 bits per heavy atom. The number of aryl methyl sites for hydroxylation is 1. The van der Waals surface area contributed by atoms with Gasteiger partial charge in [0.05, 0.1) is 6.61 Å². The van der Waals surface area contributed by atoms with Crippen molar-refractivity contribution >= 4 is 34.2 Å². The first-order valence-corrected chi connectivity index (χ1v) is 7.69. The monoisotopic (exact) mass is 329 g/mol. The van der Waals surface area contributed by atoms with E-state index in [2.05, 4.69) is 5.32 Å². The Hall–Kier alpha value is -2.46. The van der Waals surface area contributed by atoms with E-state index in [4.69, 9.17) is 20.8 Å². The summed E-state index contributed by atoms with van der Waals surface area (Å²) in [6, 6.07) is 12.5. The highest BCUT2D eigenvalue weighted by atomic mass is 35.5. The molecule has 0 aliphatic heterocycles. The van der Waals surface area contributed by atoms with Crippen molar-refractivity contribution in [1.82, 2.24) is 0 Å². The molecule has 23 heavy (non-hydrogen) atoms. The van der Waals surface area contributed by atoms with E-state index in [1.165, 1.54) is 0 Å². The molecular formula is C18H16ClNO3. The molecule has 1 amide bonds. The second-order valence-electron chi connectivity index (χ2n) is 5.11. The maximum absolute atomic E-state index is 12.4. The highest BCUT2D eigenvalue weighted by Crippen LogP contribution is 2.28. The number of halogens is 1. The van der Waals surface area contributed by atoms with Crippen molar-refractivity contribution in [3.8, 4) is 5.75 Å². The molecule has 4 nitrogen and oxygen atoms in total. The normalized spacial score (nSPS) is 10.7. The van der Waals surface area contributed by atoms with Gasteiger partial charge in [-0.1, -0.05) is 11.6 Å². The lowest BCUT2D eigenvalue weighted by Crippen LogP contribution is -2.12. The number of fused-ring (bicyclic) bond motifs is 1. The molecule has 3 rings (SSSR count). The summed E-state index contributed by atoms with van der Waals surface area (Å²) in [6.07, 6.45) is 0. The van der Waals surface area contributed by atoms with Crippen LogP contribution in [0.5, 0.6) is 5.75 Å². The molecule has 1 heterocycles. The number of rotatable bonds is 4. The van der Waals surface area contributed by atoms with Crippen molar-refractivity contribution in [2.45, 2.75) is 13.8 Å².